The number of nitrogens with one attached hydrogen (secondary N) is 4. The summed E-state index contributed by atoms with van der Waals surface area (Å²) in [6.07, 6.45) is 16.0. The SMILES string of the molecule is C=CCCCCNC(=O)C(=O)C(CCC=C)NC(=O)C1C2C(CN1C(=O)C(NC(=O)NC1CCCCC1)C1CCCCC1)C2(Cl)Cl. The third kappa shape index (κ3) is 9.06. The molecule has 3 aliphatic carbocycles. The second-order valence-corrected chi connectivity index (χ2v) is 14.8. The lowest BCUT2D eigenvalue weighted by atomic mass is 9.83. The molecule has 4 N–H and O–H groups in total. The van der Waals surface area contributed by atoms with Gasteiger partial charge in [0, 0.05) is 31.0 Å². The van der Waals surface area contributed by atoms with Crippen LogP contribution in [-0.4, -0.2) is 76.0 Å². The van der Waals surface area contributed by atoms with Gasteiger partial charge >= 0.3 is 6.03 Å². The van der Waals surface area contributed by atoms with Crippen molar-refractivity contribution in [2.75, 3.05) is 13.1 Å². The quantitative estimate of drug-likeness (QED) is 0.0812. The van der Waals surface area contributed by atoms with Crippen LogP contribution >= 0.6 is 23.2 Å². The number of allylic oxidation sites excluding steroid dienone is 2. The van der Waals surface area contributed by atoms with Crippen LogP contribution in [0.1, 0.15) is 96.3 Å². The van der Waals surface area contributed by atoms with Crippen molar-refractivity contribution < 1.29 is 24.0 Å². The van der Waals surface area contributed by atoms with Gasteiger partial charge in [-0.05, 0) is 63.7 Å². The van der Waals surface area contributed by atoms with Crippen molar-refractivity contribution in [3.8, 4) is 0 Å². The molecular weight excluding hydrogens is 629 g/mol. The lowest BCUT2D eigenvalue weighted by molar-refractivity contribution is -0.144. The summed E-state index contributed by atoms with van der Waals surface area (Å²) in [5.74, 6) is -3.37. The van der Waals surface area contributed by atoms with Gasteiger partial charge < -0.3 is 26.2 Å². The van der Waals surface area contributed by atoms with E-state index in [9.17, 15) is 24.0 Å². The Morgan fingerprint density at radius 1 is 0.870 bits per heavy atom. The number of halogens is 2. The summed E-state index contributed by atoms with van der Waals surface area (Å²) in [6, 6.07) is -3.24. The number of carbonyl (C=O) groups excluding carboxylic acids is 5. The minimum atomic E-state index is -1.19. The lowest BCUT2D eigenvalue weighted by Crippen LogP contribution is -2.61. The summed E-state index contributed by atoms with van der Waals surface area (Å²) in [7, 11) is 0. The molecule has 1 heterocycles. The number of amides is 5. The average Bonchev–Trinajstić information content (AvgIpc) is 3.35. The van der Waals surface area contributed by atoms with E-state index in [1.54, 1.807) is 12.2 Å². The zero-order chi connectivity index (χ0) is 33.3. The number of carbonyl (C=O) groups is 5. The van der Waals surface area contributed by atoms with Crippen LogP contribution in [0.3, 0.4) is 0 Å². The fourth-order valence-electron chi connectivity index (χ4n) is 7.45. The van der Waals surface area contributed by atoms with Crippen molar-refractivity contribution in [3.63, 3.8) is 0 Å². The number of ketones is 1. The highest BCUT2D eigenvalue weighted by Gasteiger charge is 2.74. The number of urea groups is 1. The molecule has 0 aromatic rings. The molecule has 0 bridgehead atoms. The fourth-order valence-corrected chi connectivity index (χ4v) is 8.27. The van der Waals surface area contributed by atoms with Crippen molar-refractivity contribution in [2.24, 2.45) is 17.8 Å². The first kappa shape index (κ1) is 36.2. The molecule has 0 radical (unpaired) electrons. The molecule has 256 valence electrons. The highest BCUT2D eigenvalue weighted by molar-refractivity contribution is 6.51. The van der Waals surface area contributed by atoms with Crippen LogP contribution in [0.5, 0.6) is 0 Å². The van der Waals surface area contributed by atoms with Crippen molar-refractivity contribution in [1.82, 2.24) is 26.2 Å². The maximum Gasteiger partial charge on any atom is 0.315 e. The molecule has 5 atom stereocenters. The topological polar surface area (TPSA) is 137 Å². The first-order valence-corrected chi connectivity index (χ1v) is 17.9. The van der Waals surface area contributed by atoms with Gasteiger partial charge in [0.15, 0.2) is 0 Å². The van der Waals surface area contributed by atoms with Gasteiger partial charge in [-0.15, -0.1) is 36.4 Å². The van der Waals surface area contributed by atoms with Gasteiger partial charge in [-0.2, -0.15) is 0 Å². The van der Waals surface area contributed by atoms with E-state index in [0.29, 0.717) is 19.4 Å². The van der Waals surface area contributed by atoms with Crippen molar-refractivity contribution in [1.29, 1.82) is 0 Å². The Morgan fingerprint density at radius 2 is 1.52 bits per heavy atom. The average molecular weight is 681 g/mol. The van der Waals surface area contributed by atoms with E-state index in [-0.39, 0.29) is 42.8 Å². The predicted octanol–water partition coefficient (Wildman–Crippen LogP) is 4.69. The van der Waals surface area contributed by atoms with E-state index in [1.807, 2.05) is 0 Å². The Morgan fingerprint density at radius 3 is 2.17 bits per heavy atom. The summed E-state index contributed by atoms with van der Waals surface area (Å²) in [5, 5.41) is 11.5. The highest BCUT2D eigenvalue weighted by Crippen LogP contribution is 2.65. The number of hydrogen-bond donors (Lipinski definition) is 4. The zero-order valence-corrected chi connectivity index (χ0v) is 28.4. The van der Waals surface area contributed by atoms with Gasteiger partial charge in [-0.3, -0.25) is 19.2 Å². The molecule has 1 aliphatic heterocycles. The number of unbranched alkanes of at least 4 members (excludes halogenated alkanes) is 2. The van der Waals surface area contributed by atoms with Crippen molar-refractivity contribution in [2.45, 2.75) is 125 Å². The Kier molecular flexibility index (Phi) is 13.4. The van der Waals surface area contributed by atoms with Gasteiger partial charge in [0.25, 0.3) is 5.91 Å². The van der Waals surface area contributed by atoms with Gasteiger partial charge in [0.2, 0.25) is 17.6 Å². The van der Waals surface area contributed by atoms with Crippen LogP contribution in [-0.2, 0) is 19.2 Å². The second-order valence-electron chi connectivity index (χ2n) is 13.4. The molecular formula is C34H51Cl2N5O5. The van der Waals surface area contributed by atoms with Gasteiger partial charge in [-0.1, -0.05) is 50.7 Å². The largest absolute Gasteiger partial charge is 0.349 e. The number of nitrogens with zero attached hydrogens (tertiary/aromatic N) is 1. The first-order valence-electron chi connectivity index (χ1n) is 17.2. The van der Waals surface area contributed by atoms with E-state index < -0.39 is 46.0 Å². The van der Waals surface area contributed by atoms with Crippen molar-refractivity contribution >= 4 is 52.7 Å². The Labute approximate surface area is 283 Å². The van der Waals surface area contributed by atoms with Crippen LogP contribution in [0.15, 0.2) is 25.3 Å². The maximum atomic E-state index is 14.3. The Hall–Kier alpha value is -2.59. The maximum absolute atomic E-state index is 14.3. The molecule has 5 amide bonds. The normalized spacial score (nSPS) is 25.3. The molecule has 10 nitrogen and oxygen atoms in total. The molecule has 5 unspecified atom stereocenters. The van der Waals surface area contributed by atoms with Crippen LogP contribution in [0.25, 0.3) is 0 Å². The fraction of sp³-hybridized carbons (Fsp3) is 0.735. The van der Waals surface area contributed by atoms with Crippen LogP contribution in [0.4, 0.5) is 4.79 Å². The third-order valence-electron chi connectivity index (χ3n) is 10.1. The molecule has 0 aromatic carbocycles. The molecule has 3 saturated carbocycles. The van der Waals surface area contributed by atoms with Gasteiger partial charge in [0.05, 0.1) is 6.04 Å². The molecule has 1 saturated heterocycles. The monoisotopic (exact) mass is 679 g/mol. The summed E-state index contributed by atoms with van der Waals surface area (Å²) in [6.45, 7) is 7.89. The number of rotatable bonds is 16. The van der Waals surface area contributed by atoms with Crippen LogP contribution in [0.2, 0.25) is 0 Å². The number of Topliss-reactive ketones (excluding diaryl/α,β-unsaturated/α-hetero) is 1. The molecule has 0 spiro atoms. The number of alkyl halides is 2. The number of piperidine rings is 1. The summed E-state index contributed by atoms with van der Waals surface area (Å²) >= 11 is 13.2. The molecule has 0 aromatic heterocycles. The third-order valence-corrected chi connectivity index (χ3v) is 11.2. The summed E-state index contributed by atoms with van der Waals surface area (Å²) < 4.78 is -1.19. The Balaban J connectivity index is 1.48. The summed E-state index contributed by atoms with van der Waals surface area (Å²) in [4.78, 5) is 68.9. The highest BCUT2D eigenvalue weighted by atomic mass is 35.5. The van der Waals surface area contributed by atoms with E-state index in [4.69, 9.17) is 23.2 Å². The van der Waals surface area contributed by atoms with E-state index in [0.717, 1.165) is 77.0 Å². The Bertz CT molecular complexity index is 1140. The number of likely N-dealkylation sites (tertiary alicyclic amines) is 1. The van der Waals surface area contributed by atoms with Gasteiger partial charge in [0.1, 0.15) is 16.4 Å². The smallest absolute Gasteiger partial charge is 0.315 e. The predicted molar refractivity (Wildman–Crippen MR) is 179 cm³/mol. The molecule has 4 fully saturated rings. The first-order chi connectivity index (χ1) is 22.1. The second kappa shape index (κ2) is 17.0. The minimum absolute atomic E-state index is 0.0622. The number of fused-ring (bicyclic) bond motifs is 1. The zero-order valence-electron chi connectivity index (χ0n) is 26.9. The van der Waals surface area contributed by atoms with Crippen LogP contribution < -0.4 is 21.3 Å². The lowest BCUT2D eigenvalue weighted by Gasteiger charge is -2.37. The standard InChI is InChI=1S/C34H51Cl2N5O5/c1-3-5-7-14-20-37-31(44)29(42)25(19-6-4-2)39-30(43)28-26-24(34(26,35)36)21-41(28)32(45)27(22-15-10-8-11-16-22)40-33(46)38-23-17-12-9-13-18-23/h3-4,22-28H,1-2,5-21H2,(H,37,44)(H,39,43)(H2,38,40,46). The number of hydrogen-bond acceptors (Lipinski definition) is 5. The molecule has 46 heavy (non-hydrogen) atoms. The molecule has 4 aliphatic rings. The van der Waals surface area contributed by atoms with E-state index in [1.165, 1.54) is 4.90 Å². The summed E-state index contributed by atoms with van der Waals surface area (Å²) in [5.41, 5.74) is 0. The van der Waals surface area contributed by atoms with Crippen LogP contribution in [0, 0.1) is 17.8 Å². The van der Waals surface area contributed by atoms with Crippen molar-refractivity contribution in [3.05, 3.63) is 25.3 Å². The van der Waals surface area contributed by atoms with E-state index >= 15 is 0 Å². The van der Waals surface area contributed by atoms with E-state index in [2.05, 4.69) is 34.4 Å². The molecule has 12 heteroatoms. The van der Waals surface area contributed by atoms with Gasteiger partial charge in [-0.25, -0.2) is 4.79 Å². The minimum Gasteiger partial charge on any atom is -0.349 e. The molecule has 4 rings (SSSR count).